The van der Waals surface area contributed by atoms with Crippen molar-refractivity contribution in [2.24, 2.45) is 0 Å². The van der Waals surface area contributed by atoms with Crippen LogP contribution in [0, 0.1) is 0 Å². The second-order valence-electron chi connectivity index (χ2n) is 7.10. The van der Waals surface area contributed by atoms with Crippen molar-refractivity contribution in [3.05, 3.63) is 35.9 Å². The summed E-state index contributed by atoms with van der Waals surface area (Å²) in [6.07, 6.45) is 6.13. The van der Waals surface area contributed by atoms with Gasteiger partial charge in [-0.25, -0.2) is 0 Å². The molecule has 3 fully saturated rings. The Labute approximate surface area is 131 Å². The van der Waals surface area contributed by atoms with E-state index in [1.807, 2.05) is 0 Å². The molecule has 118 valence electrons. The minimum Gasteiger partial charge on any atom is -0.357 e. The zero-order valence-corrected chi connectivity index (χ0v) is 12.9. The first-order valence-corrected chi connectivity index (χ1v) is 8.46. The van der Waals surface area contributed by atoms with Crippen LogP contribution < -0.4 is 10.6 Å². The number of hydrogen-bond donors (Lipinski definition) is 2. The van der Waals surface area contributed by atoms with Crippen molar-refractivity contribution in [3.8, 4) is 0 Å². The van der Waals surface area contributed by atoms with Gasteiger partial charge < -0.3 is 15.4 Å². The van der Waals surface area contributed by atoms with Gasteiger partial charge in [-0.05, 0) is 44.1 Å². The van der Waals surface area contributed by atoms with Crippen molar-refractivity contribution in [2.75, 3.05) is 6.54 Å². The van der Waals surface area contributed by atoms with E-state index in [0.29, 0.717) is 12.6 Å². The van der Waals surface area contributed by atoms with Crippen LogP contribution in [0.1, 0.15) is 44.1 Å². The van der Waals surface area contributed by atoms with Crippen LogP contribution in [0.3, 0.4) is 0 Å². The van der Waals surface area contributed by atoms with E-state index < -0.39 is 5.60 Å². The summed E-state index contributed by atoms with van der Waals surface area (Å²) >= 11 is 0. The summed E-state index contributed by atoms with van der Waals surface area (Å²) in [6.45, 7) is 1.62. The predicted octanol–water partition coefficient (Wildman–Crippen LogP) is 2.14. The summed E-state index contributed by atoms with van der Waals surface area (Å²) in [5.74, 6) is 0.113. The first kappa shape index (κ1) is 14.2. The molecule has 0 aromatic heterocycles. The molecule has 1 aromatic carbocycles. The third-order valence-electron chi connectivity index (χ3n) is 5.44. The lowest BCUT2D eigenvalue weighted by Gasteiger charge is -2.45. The highest BCUT2D eigenvalue weighted by molar-refractivity contribution is 5.88. The maximum absolute atomic E-state index is 11.9. The number of nitrogens with one attached hydrogen (secondary N) is 2. The number of amides is 1. The van der Waals surface area contributed by atoms with Gasteiger partial charge in [0.05, 0.1) is 5.60 Å². The van der Waals surface area contributed by atoms with Crippen LogP contribution in [0.5, 0.6) is 0 Å². The van der Waals surface area contributed by atoms with Crippen molar-refractivity contribution < 1.29 is 9.53 Å². The Hall–Kier alpha value is -1.39. The van der Waals surface area contributed by atoms with E-state index in [0.717, 1.165) is 45.1 Å². The maximum atomic E-state index is 11.9. The van der Waals surface area contributed by atoms with Crippen LogP contribution >= 0.6 is 0 Å². The van der Waals surface area contributed by atoms with Crippen LogP contribution in [-0.2, 0) is 16.1 Å². The van der Waals surface area contributed by atoms with Crippen molar-refractivity contribution in [3.63, 3.8) is 0 Å². The maximum Gasteiger partial charge on any atom is 0.252 e. The van der Waals surface area contributed by atoms with E-state index in [9.17, 15) is 4.79 Å². The molecule has 2 spiro atoms. The molecule has 4 heteroatoms. The van der Waals surface area contributed by atoms with Gasteiger partial charge in [0.25, 0.3) is 5.91 Å². The van der Waals surface area contributed by atoms with Crippen LogP contribution in [-0.4, -0.2) is 29.7 Å². The van der Waals surface area contributed by atoms with Crippen LogP contribution in [0.15, 0.2) is 30.3 Å². The Bertz CT molecular complexity index is 545. The van der Waals surface area contributed by atoms with Crippen LogP contribution in [0.2, 0.25) is 0 Å². The van der Waals surface area contributed by atoms with Crippen molar-refractivity contribution in [1.29, 1.82) is 0 Å². The topological polar surface area (TPSA) is 50.4 Å². The summed E-state index contributed by atoms with van der Waals surface area (Å²) in [6, 6.07) is 11.1. The van der Waals surface area contributed by atoms with Gasteiger partial charge in [0.1, 0.15) is 5.60 Å². The van der Waals surface area contributed by atoms with E-state index in [2.05, 4.69) is 41.0 Å². The fourth-order valence-corrected chi connectivity index (χ4v) is 3.83. The molecule has 0 bridgehead atoms. The largest absolute Gasteiger partial charge is 0.357 e. The highest BCUT2D eigenvalue weighted by Crippen LogP contribution is 2.48. The van der Waals surface area contributed by atoms with E-state index in [1.165, 1.54) is 5.56 Å². The molecule has 0 radical (unpaired) electrons. The number of morpholine rings is 1. The Kier molecular flexibility index (Phi) is 3.46. The predicted molar refractivity (Wildman–Crippen MR) is 84.3 cm³/mol. The number of carbonyl (C=O) groups excluding carboxylic acids is 1. The Morgan fingerprint density at radius 2 is 1.86 bits per heavy atom. The average molecular weight is 300 g/mol. The molecule has 0 atom stereocenters. The van der Waals surface area contributed by atoms with Gasteiger partial charge in [-0.2, -0.15) is 0 Å². The Morgan fingerprint density at radius 1 is 1.14 bits per heavy atom. The molecule has 1 aliphatic heterocycles. The van der Waals surface area contributed by atoms with Gasteiger partial charge in [-0.3, -0.25) is 4.79 Å². The van der Waals surface area contributed by atoms with Gasteiger partial charge in [0.15, 0.2) is 0 Å². The fourth-order valence-electron chi connectivity index (χ4n) is 3.83. The molecule has 2 aliphatic carbocycles. The van der Waals surface area contributed by atoms with Crippen LogP contribution in [0.4, 0.5) is 0 Å². The molecule has 2 saturated carbocycles. The molecule has 4 rings (SSSR count). The SMILES string of the molecule is O=C1NCC2(CCC(NCc3ccccc3)CC2)OC12CC2. The monoisotopic (exact) mass is 300 g/mol. The second kappa shape index (κ2) is 5.36. The number of benzene rings is 1. The third-order valence-corrected chi connectivity index (χ3v) is 5.44. The summed E-state index contributed by atoms with van der Waals surface area (Å²) < 4.78 is 6.30. The van der Waals surface area contributed by atoms with Gasteiger partial charge in [-0.1, -0.05) is 30.3 Å². The molecule has 1 saturated heterocycles. The zero-order valence-electron chi connectivity index (χ0n) is 12.9. The first-order valence-electron chi connectivity index (χ1n) is 8.46. The number of ether oxygens (including phenoxy) is 1. The summed E-state index contributed by atoms with van der Waals surface area (Å²) in [4.78, 5) is 11.9. The summed E-state index contributed by atoms with van der Waals surface area (Å²) in [5, 5.41) is 6.75. The van der Waals surface area contributed by atoms with E-state index >= 15 is 0 Å². The van der Waals surface area contributed by atoms with Gasteiger partial charge in [0, 0.05) is 19.1 Å². The highest BCUT2D eigenvalue weighted by Gasteiger charge is 2.59. The van der Waals surface area contributed by atoms with E-state index in [4.69, 9.17) is 4.74 Å². The Morgan fingerprint density at radius 3 is 2.55 bits per heavy atom. The molecular weight excluding hydrogens is 276 g/mol. The molecule has 0 unspecified atom stereocenters. The minimum absolute atomic E-state index is 0.102. The standard InChI is InChI=1S/C18H24N2O2/c21-16-18(10-11-18)22-17(13-20-16)8-6-15(7-9-17)19-12-14-4-2-1-3-5-14/h1-5,15,19H,6-13H2,(H,20,21). The number of carbonyl (C=O) groups is 1. The number of rotatable bonds is 3. The van der Waals surface area contributed by atoms with Gasteiger partial charge >= 0.3 is 0 Å². The molecule has 1 amide bonds. The molecule has 1 aromatic rings. The lowest BCUT2D eigenvalue weighted by atomic mass is 9.80. The lowest BCUT2D eigenvalue weighted by molar-refractivity contribution is -0.176. The fraction of sp³-hybridized carbons (Fsp3) is 0.611. The molecule has 1 heterocycles. The van der Waals surface area contributed by atoms with E-state index in [1.54, 1.807) is 0 Å². The third kappa shape index (κ3) is 2.66. The summed E-state index contributed by atoms with van der Waals surface area (Å²) in [7, 11) is 0. The van der Waals surface area contributed by atoms with Crippen molar-refractivity contribution in [1.82, 2.24) is 10.6 Å². The number of hydrogen-bond acceptors (Lipinski definition) is 3. The van der Waals surface area contributed by atoms with Crippen molar-refractivity contribution >= 4 is 5.91 Å². The summed E-state index contributed by atoms with van der Waals surface area (Å²) in [5.41, 5.74) is 0.777. The average Bonchev–Trinajstić information content (AvgIpc) is 3.32. The Balaban J connectivity index is 1.30. The van der Waals surface area contributed by atoms with Gasteiger partial charge in [-0.15, -0.1) is 0 Å². The highest BCUT2D eigenvalue weighted by atomic mass is 16.5. The molecule has 3 aliphatic rings. The van der Waals surface area contributed by atoms with E-state index in [-0.39, 0.29) is 11.5 Å². The quantitative estimate of drug-likeness (QED) is 0.899. The first-order chi connectivity index (χ1) is 10.7. The molecule has 22 heavy (non-hydrogen) atoms. The van der Waals surface area contributed by atoms with Crippen molar-refractivity contribution in [2.45, 2.75) is 62.3 Å². The molecule has 4 nitrogen and oxygen atoms in total. The molecule has 2 N–H and O–H groups in total. The normalized spacial score (nSPS) is 32.9. The second-order valence-corrected chi connectivity index (χ2v) is 7.10. The smallest absolute Gasteiger partial charge is 0.252 e. The molecular formula is C18H24N2O2. The lowest BCUT2D eigenvalue weighted by Crippen LogP contribution is -2.60. The van der Waals surface area contributed by atoms with Gasteiger partial charge in [0.2, 0.25) is 0 Å². The minimum atomic E-state index is -0.456. The zero-order chi connectivity index (χ0) is 15.0. The van der Waals surface area contributed by atoms with Crippen LogP contribution in [0.25, 0.3) is 0 Å².